The van der Waals surface area contributed by atoms with Gasteiger partial charge in [0.25, 0.3) is 0 Å². The summed E-state index contributed by atoms with van der Waals surface area (Å²) in [5, 5.41) is 3.01. The third kappa shape index (κ3) is 13.2. The first kappa shape index (κ1) is 18.7. The first-order valence-corrected chi connectivity index (χ1v) is 7.61. The molecule has 0 amide bonds. The van der Waals surface area contributed by atoms with Crippen LogP contribution in [0.1, 0.15) is 66.2 Å². The predicted octanol–water partition coefficient (Wildman–Crippen LogP) is 2.59. The van der Waals surface area contributed by atoms with Crippen molar-refractivity contribution in [2.75, 3.05) is 13.1 Å². The lowest BCUT2D eigenvalue weighted by molar-refractivity contribution is -0.152. The number of guanidine groups is 1. The van der Waals surface area contributed by atoms with Crippen LogP contribution in [0.25, 0.3) is 0 Å². The fourth-order valence-electron chi connectivity index (χ4n) is 1.70. The summed E-state index contributed by atoms with van der Waals surface area (Å²) >= 11 is 0. The van der Waals surface area contributed by atoms with Crippen molar-refractivity contribution >= 4 is 11.9 Å². The first-order chi connectivity index (χ1) is 9.35. The standard InChI is InChI=1S/C15H31N3O2/c1-5-6-7-8-9-10-11-17-14(16)18-12-13(19)20-15(2,3)4/h5-12H2,1-4H3,(H3,16,17,18). The largest absolute Gasteiger partial charge is 0.459 e. The lowest BCUT2D eigenvalue weighted by atomic mass is 10.1. The van der Waals surface area contributed by atoms with E-state index in [2.05, 4.69) is 17.2 Å². The summed E-state index contributed by atoms with van der Waals surface area (Å²) in [7, 11) is 0. The van der Waals surface area contributed by atoms with Crippen molar-refractivity contribution in [2.24, 2.45) is 10.7 Å². The van der Waals surface area contributed by atoms with Crippen LogP contribution in [0.3, 0.4) is 0 Å². The minimum absolute atomic E-state index is 0.0351. The van der Waals surface area contributed by atoms with Gasteiger partial charge in [-0.3, -0.25) is 4.79 Å². The molecule has 3 N–H and O–H groups in total. The third-order valence-electron chi connectivity index (χ3n) is 2.63. The van der Waals surface area contributed by atoms with Crippen LogP contribution in [0.15, 0.2) is 4.99 Å². The monoisotopic (exact) mass is 285 g/mol. The Labute approximate surface area is 123 Å². The number of rotatable bonds is 9. The van der Waals surface area contributed by atoms with Crippen molar-refractivity contribution in [3.63, 3.8) is 0 Å². The molecule has 5 heteroatoms. The molecule has 0 aliphatic rings. The summed E-state index contributed by atoms with van der Waals surface area (Å²) in [5.74, 6) is -0.0498. The number of hydrogen-bond donors (Lipinski definition) is 2. The Morgan fingerprint density at radius 2 is 1.75 bits per heavy atom. The summed E-state index contributed by atoms with van der Waals surface area (Å²) < 4.78 is 5.14. The van der Waals surface area contributed by atoms with Crippen molar-refractivity contribution in [1.82, 2.24) is 5.32 Å². The molecule has 0 radical (unpaired) electrons. The van der Waals surface area contributed by atoms with E-state index >= 15 is 0 Å². The Morgan fingerprint density at radius 3 is 2.35 bits per heavy atom. The van der Waals surface area contributed by atoms with E-state index in [1.165, 1.54) is 32.1 Å². The van der Waals surface area contributed by atoms with Gasteiger partial charge < -0.3 is 15.8 Å². The van der Waals surface area contributed by atoms with Crippen LogP contribution in [-0.2, 0) is 9.53 Å². The molecule has 0 aromatic rings. The number of carbonyl (C=O) groups is 1. The van der Waals surface area contributed by atoms with Crippen molar-refractivity contribution in [2.45, 2.75) is 71.8 Å². The molecule has 0 saturated heterocycles. The lowest BCUT2D eigenvalue weighted by Gasteiger charge is -2.18. The Morgan fingerprint density at radius 1 is 1.15 bits per heavy atom. The van der Waals surface area contributed by atoms with Crippen LogP contribution in [0.2, 0.25) is 0 Å². The SMILES string of the molecule is CCCCCCCCNC(N)=NCC(=O)OC(C)(C)C. The Balaban J connectivity index is 3.63. The van der Waals surface area contributed by atoms with Gasteiger partial charge in [-0.05, 0) is 27.2 Å². The number of esters is 1. The Hall–Kier alpha value is -1.26. The third-order valence-corrected chi connectivity index (χ3v) is 2.63. The summed E-state index contributed by atoms with van der Waals surface area (Å²) in [5.41, 5.74) is 5.20. The quantitative estimate of drug-likeness (QED) is 0.295. The average molecular weight is 285 g/mol. The van der Waals surface area contributed by atoms with Gasteiger partial charge in [0, 0.05) is 6.54 Å². The maximum Gasteiger partial charge on any atom is 0.328 e. The van der Waals surface area contributed by atoms with E-state index in [4.69, 9.17) is 10.5 Å². The van der Waals surface area contributed by atoms with Crippen LogP contribution in [0.5, 0.6) is 0 Å². The number of nitrogens with two attached hydrogens (primary N) is 1. The number of aliphatic imine (C=N–C) groups is 1. The molecule has 0 aliphatic carbocycles. The Kier molecular flexibility index (Phi) is 9.86. The van der Waals surface area contributed by atoms with Crippen LogP contribution >= 0.6 is 0 Å². The molecule has 0 aliphatic heterocycles. The van der Waals surface area contributed by atoms with E-state index in [-0.39, 0.29) is 12.5 Å². The van der Waals surface area contributed by atoms with Gasteiger partial charge in [0.15, 0.2) is 5.96 Å². The normalized spacial score (nSPS) is 12.3. The summed E-state index contributed by atoms with van der Waals surface area (Å²) in [6, 6.07) is 0. The molecule has 20 heavy (non-hydrogen) atoms. The molecule has 0 unspecified atom stereocenters. The molecule has 5 nitrogen and oxygen atoms in total. The average Bonchev–Trinajstić information content (AvgIpc) is 2.33. The highest BCUT2D eigenvalue weighted by molar-refractivity contribution is 5.81. The van der Waals surface area contributed by atoms with Gasteiger partial charge in [-0.25, -0.2) is 4.99 Å². The van der Waals surface area contributed by atoms with E-state index < -0.39 is 5.60 Å². The molecule has 0 saturated carbocycles. The second-order valence-corrected chi connectivity index (χ2v) is 5.98. The van der Waals surface area contributed by atoms with Gasteiger partial charge in [0.2, 0.25) is 0 Å². The molecule has 0 aromatic heterocycles. The first-order valence-electron chi connectivity index (χ1n) is 7.61. The maximum absolute atomic E-state index is 11.4. The molecule has 0 heterocycles. The second kappa shape index (κ2) is 10.5. The molecule has 0 bridgehead atoms. The smallest absolute Gasteiger partial charge is 0.328 e. The number of hydrogen-bond acceptors (Lipinski definition) is 3. The zero-order valence-electron chi connectivity index (χ0n) is 13.5. The molecular weight excluding hydrogens is 254 g/mol. The van der Waals surface area contributed by atoms with Gasteiger partial charge in [-0.2, -0.15) is 0 Å². The zero-order chi connectivity index (χ0) is 15.4. The zero-order valence-corrected chi connectivity index (χ0v) is 13.5. The van der Waals surface area contributed by atoms with Gasteiger partial charge in [-0.15, -0.1) is 0 Å². The van der Waals surface area contributed by atoms with Gasteiger partial charge in [0.1, 0.15) is 12.1 Å². The lowest BCUT2D eigenvalue weighted by Crippen LogP contribution is -2.33. The highest BCUT2D eigenvalue weighted by Crippen LogP contribution is 2.06. The number of nitrogens with one attached hydrogen (secondary N) is 1. The molecular formula is C15H31N3O2. The van der Waals surface area contributed by atoms with E-state index in [0.717, 1.165) is 13.0 Å². The fourth-order valence-corrected chi connectivity index (χ4v) is 1.70. The molecule has 0 aromatic carbocycles. The van der Waals surface area contributed by atoms with Crippen molar-refractivity contribution in [3.8, 4) is 0 Å². The molecule has 0 spiro atoms. The minimum Gasteiger partial charge on any atom is -0.459 e. The van der Waals surface area contributed by atoms with Crippen molar-refractivity contribution in [3.05, 3.63) is 0 Å². The predicted molar refractivity (Wildman–Crippen MR) is 83.7 cm³/mol. The van der Waals surface area contributed by atoms with Gasteiger partial charge in [0.05, 0.1) is 0 Å². The van der Waals surface area contributed by atoms with E-state index in [1.54, 1.807) is 0 Å². The van der Waals surface area contributed by atoms with Gasteiger partial charge in [-0.1, -0.05) is 39.0 Å². The van der Waals surface area contributed by atoms with Crippen LogP contribution < -0.4 is 11.1 Å². The Bertz CT molecular complexity index is 296. The minimum atomic E-state index is -0.479. The highest BCUT2D eigenvalue weighted by atomic mass is 16.6. The second-order valence-electron chi connectivity index (χ2n) is 5.98. The topological polar surface area (TPSA) is 76.7 Å². The van der Waals surface area contributed by atoms with Gasteiger partial charge >= 0.3 is 5.97 Å². The molecule has 0 atom stereocenters. The molecule has 0 fully saturated rings. The van der Waals surface area contributed by atoms with Crippen LogP contribution in [-0.4, -0.2) is 30.6 Å². The van der Waals surface area contributed by atoms with Crippen LogP contribution in [0, 0.1) is 0 Å². The van der Waals surface area contributed by atoms with E-state index in [0.29, 0.717) is 5.96 Å². The number of nitrogens with zero attached hydrogens (tertiary/aromatic N) is 1. The van der Waals surface area contributed by atoms with Crippen molar-refractivity contribution in [1.29, 1.82) is 0 Å². The van der Waals surface area contributed by atoms with Crippen molar-refractivity contribution < 1.29 is 9.53 Å². The fraction of sp³-hybridized carbons (Fsp3) is 0.867. The highest BCUT2D eigenvalue weighted by Gasteiger charge is 2.15. The van der Waals surface area contributed by atoms with Crippen LogP contribution in [0.4, 0.5) is 0 Å². The summed E-state index contributed by atoms with van der Waals surface area (Å²) in [4.78, 5) is 15.4. The summed E-state index contributed by atoms with van der Waals surface area (Å²) in [6.07, 6.45) is 7.43. The number of ether oxygens (including phenoxy) is 1. The maximum atomic E-state index is 11.4. The van der Waals surface area contributed by atoms with E-state index in [9.17, 15) is 4.79 Å². The van der Waals surface area contributed by atoms with E-state index in [1.807, 2.05) is 20.8 Å². The number of carbonyl (C=O) groups excluding carboxylic acids is 1. The summed E-state index contributed by atoms with van der Waals surface area (Å²) in [6.45, 7) is 8.46. The molecule has 118 valence electrons. The number of unbranched alkanes of at least 4 members (excludes halogenated alkanes) is 5. The molecule has 0 rings (SSSR count).